The second kappa shape index (κ2) is 5.63. The molecule has 0 unspecified atom stereocenters. The van der Waals surface area contributed by atoms with E-state index < -0.39 is 0 Å². The smallest absolute Gasteiger partial charge is 0.253 e. The quantitative estimate of drug-likeness (QED) is 0.810. The van der Waals surface area contributed by atoms with Crippen molar-refractivity contribution in [2.75, 3.05) is 13.1 Å². The maximum atomic E-state index is 12.3. The van der Waals surface area contributed by atoms with Gasteiger partial charge in [0.05, 0.1) is 5.25 Å². The zero-order valence-electron chi connectivity index (χ0n) is 12.5. The van der Waals surface area contributed by atoms with E-state index in [-0.39, 0.29) is 11.2 Å². The topological polar surface area (TPSA) is 63.4 Å². The summed E-state index contributed by atoms with van der Waals surface area (Å²) in [5, 5.41) is 4.88. The third kappa shape index (κ3) is 2.88. The predicted molar refractivity (Wildman–Crippen MR) is 81.4 cm³/mol. The van der Waals surface area contributed by atoms with Crippen LogP contribution in [0.3, 0.4) is 0 Å². The Bertz CT molecular complexity index is 677. The SMILES string of the molecule is Cc1cc(C)n2nc(S[C@@H](C)C(=O)N3CCCC3)nc2n1. The van der Waals surface area contributed by atoms with Gasteiger partial charge in [-0.15, -0.1) is 5.10 Å². The molecule has 1 amide bonds. The number of nitrogens with zero attached hydrogens (tertiary/aromatic N) is 5. The van der Waals surface area contributed by atoms with Gasteiger partial charge in [0.1, 0.15) is 0 Å². The Morgan fingerprint density at radius 1 is 1.29 bits per heavy atom. The fraction of sp³-hybridized carbons (Fsp3) is 0.571. The number of fused-ring (bicyclic) bond motifs is 1. The summed E-state index contributed by atoms with van der Waals surface area (Å²) in [7, 11) is 0. The average molecular weight is 305 g/mol. The van der Waals surface area contributed by atoms with Crippen molar-refractivity contribution in [2.45, 2.75) is 44.0 Å². The van der Waals surface area contributed by atoms with Crippen molar-refractivity contribution < 1.29 is 4.79 Å². The van der Waals surface area contributed by atoms with Crippen LogP contribution in [-0.2, 0) is 4.79 Å². The number of amides is 1. The third-order valence-electron chi connectivity index (χ3n) is 3.65. The van der Waals surface area contributed by atoms with Crippen molar-refractivity contribution >= 4 is 23.4 Å². The number of carbonyl (C=O) groups is 1. The first-order valence-corrected chi connectivity index (χ1v) is 8.09. The molecule has 7 heteroatoms. The fourth-order valence-corrected chi connectivity index (χ4v) is 3.43. The zero-order valence-corrected chi connectivity index (χ0v) is 13.4. The number of carbonyl (C=O) groups excluding carboxylic acids is 1. The number of aryl methyl sites for hydroxylation is 2. The largest absolute Gasteiger partial charge is 0.342 e. The van der Waals surface area contributed by atoms with Gasteiger partial charge in [0, 0.05) is 24.5 Å². The first-order chi connectivity index (χ1) is 10.0. The fourth-order valence-electron chi connectivity index (χ4n) is 2.60. The van der Waals surface area contributed by atoms with Crippen LogP contribution < -0.4 is 0 Å². The molecule has 1 aliphatic heterocycles. The highest BCUT2D eigenvalue weighted by Gasteiger charge is 2.25. The van der Waals surface area contributed by atoms with Gasteiger partial charge in [-0.3, -0.25) is 4.79 Å². The molecular formula is C14H19N5OS. The van der Waals surface area contributed by atoms with E-state index in [1.54, 1.807) is 4.52 Å². The molecule has 112 valence electrons. The second-order valence-electron chi connectivity index (χ2n) is 5.44. The van der Waals surface area contributed by atoms with Crippen molar-refractivity contribution in [3.63, 3.8) is 0 Å². The molecule has 6 nitrogen and oxygen atoms in total. The highest BCUT2D eigenvalue weighted by molar-refractivity contribution is 8.00. The Morgan fingerprint density at radius 3 is 2.71 bits per heavy atom. The summed E-state index contributed by atoms with van der Waals surface area (Å²) in [6.07, 6.45) is 2.22. The highest BCUT2D eigenvalue weighted by Crippen LogP contribution is 2.23. The molecule has 1 atom stereocenters. The van der Waals surface area contributed by atoms with E-state index in [1.165, 1.54) is 11.8 Å². The van der Waals surface area contributed by atoms with Crippen molar-refractivity contribution in [1.29, 1.82) is 0 Å². The Labute approximate surface area is 128 Å². The molecule has 0 aliphatic carbocycles. The lowest BCUT2D eigenvalue weighted by Crippen LogP contribution is -2.34. The lowest BCUT2D eigenvalue weighted by Gasteiger charge is -2.18. The molecule has 3 heterocycles. The molecule has 0 N–H and O–H groups in total. The molecule has 2 aromatic heterocycles. The van der Waals surface area contributed by atoms with E-state index >= 15 is 0 Å². The van der Waals surface area contributed by atoms with Gasteiger partial charge in [0.15, 0.2) is 0 Å². The maximum absolute atomic E-state index is 12.3. The van der Waals surface area contributed by atoms with Gasteiger partial charge < -0.3 is 4.90 Å². The van der Waals surface area contributed by atoms with Gasteiger partial charge >= 0.3 is 0 Å². The van der Waals surface area contributed by atoms with Crippen LogP contribution in [0.5, 0.6) is 0 Å². The summed E-state index contributed by atoms with van der Waals surface area (Å²) >= 11 is 1.40. The van der Waals surface area contributed by atoms with Gasteiger partial charge in [-0.1, -0.05) is 11.8 Å². The summed E-state index contributed by atoms with van der Waals surface area (Å²) in [6, 6.07) is 1.97. The van der Waals surface area contributed by atoms with E-state index in [0.717, 1.165) is 37.3 Å². The summed E-state index contributed by atoms with van der Waals surface area (Å²) < 4.78 is 1.72. The summed E-state index contributed by atoms with van der Waals surface area (Å²) in [5.74, 6) is 0.771. The van der Waals surface area contributed by atoms with Crippen LogP contribution in [0.2, 0.25) is 0 Å². The van der Waals surface area contributed by atoms with Crippen LogP contribution in [0.25, 0.3) is 5.78 Å². The number of hydrogen-bond acceptors (Lipinski definition) is 5. The first kappa shape index (κ1) is 14.3. The van der Waals surface area contributed by atoms with E-state index in [0.29, 0.717) is 10.9 Å². The molecule has 0 bridgehead atoms. The molecule has 1 fully saturated rings. The molecule has 2 aromatic rings. The number of hydrogen-bond donors (Lipinski definition) is 0. The normalized spacial score (nSPS) is 16.6. The van der Waals surface area contributed by atoms with Crippen LogP contribution >= 0.6 is 11.8 Å². The summed E-state index contributed by atoms with van der Waals surface area (Å²) in [4.78, 5) is 23.0. The van der Waals surface area contributed by atoms with Crippen LogP contribution in [0.4, 0.5) is 0 Å². The number of thioether (sulfide) groups is 1. The van der Waals surface area contributed by atoms with Crippen molar-refractivity contribution in [1.82, 2.24) is 24.5 Å². The molecule has 3 rings (SSSR count). The lowest BCUT2D eigenvalue weighted by atomic mass is 10.4. The summed E-state index contributed by atoms with van der Waals surface area (Å²) in [6.45, 7) is 7.59. The average Bonchev–Trinajstić information content (AvgIpc) is 3.06. The van der Waals surface area contributed by atoms with Gasteiger partial charge in [0.2, 0.25) is 11.1 Å². The van der Waals surface area contributed by atoms with E-state index in [2.05, 4.69) is 15.1 Å². The second-order valence-corrected chi connectivity index (χ2v) is 6.75. The number of aromatic nitrogens is 4. The van der Waals surface area contributed by atoms with Crippen molar-refractivity contribution in [3.05, 3.63) is 17.5 Å². The summed E-state index contributed by atoms with van der Waals surface area (Å²) in [5.41, 5.74) is 1.92. The molecule has 1 aliphatic rings. The lowest BCUT2D eigenvalue weighted by molar-refractivity contribution is -0.129. The van der Waals surface area contributed by atoms with Gasteiger partial charge in [-0.05, 0) is 39.7 Å². The Hall–Kier alpha value is -1.63. The van der Waals surface area contributed by atoms with Crippen LogP contribution in [0.1, 0.15) is 31.2 Å². The van der Waals surface area contributed by atoms with E-state index in [4.69, 9.17) is 0 Å². The van der Waals surface area contributed by atoms with E-state index in [1.807, 2.05) is 31.7 Å². The minimum absolute atomic E-state index is 0.165. The standard InChI is InChI=1S/C14H19N5OS/c1-9-8-10(2)19-13(15-9)16-14(17-19)21-11(3)12(20)18-6-4-5-7-18/h8,11H,4-7H2,1-3H3/t11-/m0/s1. The highest BCUT2D eigenvalue weighted by atomic mass is 32.2. The molecule has 0 aromatic carbocycles. The first-order valence-electron chi connectivity index (χ1n) is 7.21. The minimum Gasteiger partial charge on any atom is -0.342 e. The van der Waals surface area contributed by atoms with E-state index in [9.17, 15) is 4.79 Å². The Kier molecular flexibility index (Phi) is 3.84. The van der Waals surface area contributed by atoms with Crippen molar-refractivity contribution in [3.8, 4) is 0 Å². The number of likely N-dealkylation sites (tertiary alicyclic amines) is 1. The van der Waals surface area contributed by atoms with Gasteiger partial charge in [0.25, 0.3) is 5.78 Å². The number of rotatable bonds is 3. The minimum atomic E-state index is -0.165. The molecule has 0 saturated carbocycles. The third-order valence-corrected chi connectivity index (χ3v) is 4.59. The Balaban J connectivity index is 1.78. The Morgan fingerprint density at radius 2 is 2.00 bits per heavy atom. The molecule has 0 spiro atoms. The predicted octanol–water partition coefficient (Wildman–Crippen LogP) is 1.84. The van der Waals surface area contributed by atoms with Gasteiger partial charge in [-0.2, -0.15) is 4.98 Å². The zero-order chi connectivity index (χ0) is 15.0. The molecular weight excluding hydrogens is 286 g/mol. The van der Waals surface area contributed by atoms with Crippen LogP contribution in [0, 0.1) is 13.8 Å². The van der Waals surface area contributed by atoms with Crippen molar-refractivity contribution in [2.24, 2.45) is 0 Å². The molecule has 1 saturated heterocycles. The molecule has 21 heavy (non-hydrogen) atoms. The van der Waals surface area contributed by atoms with Crippen LogP contribution in [-0.4, -0.2) is 48.7 Å². The van der Waals surface area contributed by atoms with Gasteiger partial charge in [-0.25, -0.2) is 9.50 Å². The van der Waals surface area contributed by atoms with Crippen LogP contribution in [0.15, 0.2) is 11.2 Å². The molecule has 0 radical (unpaired) electrons. The monoisotopic (exact) mass is 305 g/mol. The maximum Gasteiger partial charge on any atom is 0.253 e.